The van der Waals surface area contributed by atoms with Gasteiger partial charge in [-0.15, -0.1) is 0 Å². The Morgan fingerprint density at radius 2 is 2.05 bits per heavy atom. The summed E-state index contributed by atoms with van der Waals surface area (Å²) < 4.78 is 13.8. The van der Waals surface area contributed by atoms with Crippen molar-refractivity contribution in [2.24, 2.45) is 0 Å². The Morgan fingerprint density at radius 3 is 2.68 bits per heavy atom. The standard InChI is InChI=1S/C14H19FN2O2/c1-4-8-16-12(18)9-17(3)14(19)11-7-5-6-10(2)13(11)15/h5-7H,4,8-9H2,1-3H3,(H,16,18). The second-order valence-corrected chi connectivity index (χ2v) is 4.45. The minimum atomic E-state index is -0.534. The number of nitrogens with zero attached hydrogens (tertiary/aromatic N) is 1. The molecule has 0 saturated carbocycles. The zero-order chi connectivity index (χ0) is 14.4. The van der Waals surface area contributed by atoms with Gasteiger partial charge in [-0.2, -0.15) is 0 Å². The van der Waals surface area contributed by atoms with Gasteiger partial charge in [0.1, 0.15) is 5.82 Å². The Bertz CT molecular complexity index is 475. The molecule has 104 valence electrons. The number of aryl methyl sites for hydroxylation is 1. The molecule has 0 radical (unpaired) electrons. The van der Waals surface area contributed by atoms with E-state index in [9.17, 15) is 14.0 Å². The highest BCUT2D eigenvalue weighted by atomic mass is 19.1. The smallest absolute Gasteiger partial charge is 0.257 e. The molecule has 2 amide bonds. The number of amides is 2. The molecule has 0 aliphatic rings. The molecule has 0 atom stereocenters. The molecular weight excluding hydrogens is 247 g/mol. The minimum Gasteiger partial charge on any atom is -0.355 e. The first-order chi connectivity index (χ1) is 8.97. The van der Waals surface area contributed by atoms with Gasteiger partial charge in [-0.25, -0.2) is 4.39 Å². The number of likely N-dealkylation sites (N-methyl/N-ethyl adjacent to an activating group) is 1. The second kappa shape index (κ2) is 6.87. The predicted molar refractivity (Wildman–Crippen MR) is 71.4 cm³/mol. The lowest BCUT2D eigenvalue weighted by Crippen LogP contribution is -2.38. The first-order valence-electron chi connectivity index (χ1n) is 6.24. The van der Waals surface area contributed by atoms with Crippen LogP contribution in [0.15, 0.2) is 18.2 Å². The maximum atomic E-state index is 13.8. The van der Waals surface area contributed by atoms with E-state index in [0.717, 1.165) is 6.42 Å². The highest BCUT2D eigenvalue weighted by molar-refractivity contribution is 5.96. The highest BCUT2D eigenvalue weighted by Crippen LogP contribution is 2.13. The van der Waals surface area contributed by atoms with Gasteiger partial charge in [0.2, 0.25) is 5.91 Å². The van der Waals surface area contributed by atoms with Gasteiger partial charge in [0.15, 0.2) is 0 Å². The Kier molecular flexibility index (Phi) is 5.48. The van der Waals surface area contributed by atoms with Gasteiger partial charge in [0.25, 0.3) is 5.91 Å². The van der Waals surface area contributed by atoms with Crippen molar-refractivity contribution >= 4 is 11.8 Å². The Morgan fingerprint density at radius 1 is 1.37 bits per heavy atom. The summed E-state index contributed by atoms with van der Waals surface area (Å²) in [5.74, 6) is -1.27. The van der Waals surface area contributed by atoms with Gasteiger partial charge >= 0.3 is 0 Å². The Balaban J connectivity index is 2.72. The van der Waals surface area contributed by atoms with E-state index in [2.05, 4.69) is 5.32 Å². The highest BCUT2D eigenvalue weighted by Gasteiger charge is 2.18. The fourth-order valence-corrected chi connectivity index (χ4v) is 1.63. The Hall–Kier alpha value is -1.91. The van der Waals surface area contributed by atoms with Crippen LogP contribution in [-0.2, 0) is 4.79 Å². The largest absolute Gasteiger partial charge is 0.355 e. The van der Waals surface area contributed by atoms with Gasteiger partial charge in [0, 0.05) is 13.6 Å². The molecule has 4 nitrogen and oxygen atoms in total. The van der Waals surface area contributed by atoms with E-state index in [0.29, 0.717) is 12.1 Å². The number of carbonyl (C=O) groups excluding carboxylic acids is 2. The topological polar surface area (TPSA) is 49.4 Å². The summed E-state index contributed by atoms with van der Waals surface area (Å²) in [6, 6.07) is 4.64. The number of hydrogen-bond donors (Lipinski definition) is 1. The number of carbonyl (C=O) groups is 2. The van der Waals surface area contributed by atoms with E-state index >= 15 is 0 Å². The maximum absolute atomic E-state index is 13.8. The van der Waals surface area contributed by atoms with E-state index in [1.165, 1.54) is 18.0 Å². The molecule has 1 aromatic carbocycles. The molecule has 1 N–H and O–H groups in total. The molecule has 1 aromatic rings. The Labute approximate surface area is 112 Å². The number of benzene rings is 1. The average Bonchev–Trinajstić information content (AvgIpc) is 2.38. The van der Waals surface area contributed by atoms with Crippen LogP contribution >= 0.6 is 0 Å². The summed E-state index contributed by atoms with van der Waals surface area (Å²) in [5.41, 5.74) is 0.403. The normalized spacial score (nSPS) is 10.1. The van der Waals surface area contributed by atoms with Gasteiger partial charge in [-0.05, 0) is 25.0 Å². The van der Waals surface area contributed by atoms with Crippen molar-refractivity contribution in [2.45, 2.75) is 20.3 Å². The van der Waals surface area contributed by atoms with Gasteiger partial charge in [-0.3, -0.25) is 9.59 Å². The van der Waals surface area contributed by atoms with Gasteiger partial charge < -0.3 is 10.2 Å². The summed E-state index contributed by atoms with van der Waals surface area (Å²) >= 11 is 0. The van der Waals surface area contributed by atoms with Crippen LogP contribution in [0.2, 0.25) is 0 Å². The van der Waals surface area contributed by atoms with Crippen LogP contribution < -0.4 is 5.32 Å². The molecule has 0 aromatic heterocycles. The lowest BCUT2D eigenvalue weighted by Gasteiger charge is -2.17. The lowest BCUT2D eigenvalue weighted by atomic mass is 10.1. The predicted octanol–water partition coefficient (Wildman–Crippen LogP) is 1.73. The van der Waals surface area contributed by atoms with Crippen molar-refractivity contribution in [3.63, 3.8) is 0 Å². The second-order valence-electron chi connectivity index (χ2n) is 4.45. The van der Waals surface area contributed by atoms with Crippen molar-refractivity contribution in [3.8, 4) is 0 Å². The van der Waals surface area contributed by atoms with E-state index in [1.807, 2.05) is 6.92 Å². The van der Waals surface area contributed by atoms with E-state index in [1.54, 1.807) is 19.1 Å². The van der Waals surface area contributed by atoms with Crippen LogP contribution in [0.3, 0.4) is 0 Å². The quantitative estimate of drug-likeness (QED) is 0.882. The first-order valence-corrected chi connectivity index (χ1v) is 6.24. The van der Waals surface area contributed by atoms with Crippen LogP contribution in [-0.4, -0.2) is 36.9 Å². The fraction of sp³-hybridized carbons (Fsp3) is 0.429. The molecule has 0 spiro atoms. The van der Waals surface area contributed by atoms with Crippen molar-refractivity contribution < 1.29 is 14.0 Å². The minimum absolute atomic E-state index is 0.00853. The summed E-state index contributed by atoms with van der Waals surface area (Å²) in [5, 5.41) is 2.67. The zero-order valence-electron chi connectivity index (χ0n) is 11.5. The van der Waals surface area contributed by atoms with Crippen molar-refractivity contribution in [2.75, 3.05) is 20.1 Å². The van der Waals surface area contributed by atoms with Crippen LogP contribution in [0.4, 0.5) is 4.39 Å². The lowest BCUT2D eigenvalue weighted by molar-refractivity contribution is -0.121. The van der Waals surface area contributed by atoms with Crippen LogP contribution in [0, 0.1) is 12.7 Å². The molecule has 0 bridgehead atoms. The van der Waals surface area contributed by atoms with Crippen molar-refractivity contribution in [1.82, 2.24) is 10.2 Å². The van der Waals surface area contributed by atoms with Crippen molar-refractivity contribution in [3.05, 3.63) is 35.1 Å². The van der Waals surface area contributed by atoms with E-state index < -0.39 is 11.7 Å². The molecule has 1 rings (SSSR count). The molecule has 0 aliphatic carbocycles. The molecule has 19 heavy (non-hydrogen) atoms. The third-order valence-electron chi connectivity index (χ3n) is 2.72. The summed E-state index contributed by atoms with van der Waals surface area (Å²) in [7, 11) is 1.48. The number of nitrogens with one attached hydrogen (secondary N) is 1. The molecule has 0 saturated heterocycles. The van der Waals surface area contributed by atoms with Gasteiger partial charge in [-0.1, -0.05) is 19.1 Å². The molecule has 0 heterocycles. The molecule has 5 heteroatoms. The zero-order valence-corrected chi connectivity index (χ0v) is 11.5. The molecule has 0 unspecified atom stereocenters. The molecule has 0 aliphatic heterocycles. The monoisotopic (exact) mass is 266 g/mol. The summed E-state index contributed by atoms with van der Waals surface area (Å²) in [4.78, 5) is 24.7. The third-order valence-corrected chi connectivity index (χ3v) is 2.72. The number of halogens is 1. The number of rotatable bonds is 5. The SMILES string of the molecule is CCCNC(=O)CN(C)C(=O)c1cccc(C)c1F. The summed E-state index contributed by atoms with van der Waals surface area (Å²) in [6.45, 7) is 4.03. The number of hydrogen-bond acceptors (Lipinski definition) is 2. The van der Waals surface area contributed by atoms with E-state index in [-0.39, 0.29) is 18.0 Å². The summed E-state index contributed by atoms with van der Waals surface area (Å²) in [6.07, 6.45) is 0.829. The average molecular weight is 266 g/mol. The first kappa shape index (κ1) is 15.1. The van der Waals surface area contributed by atoms with E-state index in [4.69, 9.17) is 0 Å². The maximum Gasteiger partial charge on any atom is 0.257 e. The van der Waals surface area contributed by atoms with Crippen LogP contribution in [0.25, 0.3) is 0 Å². The molecular formula is C14H19FN2O2. The van der Waals surface area contributed by atoms with Crippen molar-refractivity contribution in [1.29, 1.82) is 0 Å². The third kappa shape index (κ3) is 4.05. The molecule has 0 fully saturated rings. The van der Waals surface area contributed by atoms with Crippen LogP contribution in [0.5, 0.6) is 0 Å². The van der Waals surface area contributed by atoms with Gasteiger partial charge in [0.05, 0.1) is 12.1 Å². The fourth-order valence-electron chi connectivity index (χ4n) is 1.63. The van der Waals surface area contributed by atoms with Crippen LogP contribution in [0.1, 0.15) is 29.3 Å².